The average molecular weight is 300 g/mol. The van der Waals surface area contributed by atoms with Crippen LogP contribution in [-0.2, 0) is 6.54 Å². The fraction of sp³-hybridized carbons (Fsp3) is 0.231. The van der Waals surface area contributed by atoms with Crippen LogP contribution in [0, 0.1) is 0 Å². The summed E-state index contributed by atoms with van der Waals surface area (Å²) >= 11 is 0. The van der Waals surface area contributed by atoms with E-state index >= 15 is 0 Å². The molecule has 1 aromatic carbocycles. The summed E-state index contributed by atoms with van der Waals surface area (Å²) in [7, 11) is 1.46. The third kappa shape index (κ3) is 4.60. The predicted octanol–water partition coefficient (Wildman–Crippen LogP) is -2.66. The van der Waals surface area contributed by atoms with Gasteiger partial charge in [0.25, 0.3) is 0 Å². The molecule has 0 saturated carbocycles. The maximum atomic E-state index is 10.7. The van der Waals surface area contributed by atoms with Crippen molar-refractivity contribution < 1.29 is 70.8 Å². The molecule has 2 aromatic rings. The molecule has 0 N–H and O–H groups in total. The molecule has 1 heterocycles. The van der Waals surface area contributed by atoms with Gasteiger partial charge < -0.3 is 23.9 Å². The molecule has 1 aromatic heterocycles. The number of aromatic nitrogens is 2. The molecule has 0 aliphatic carbocycles. The molecule has 100 valence electrons. The molecule has 0 unspecified atom stereocenters. The monoisotopic (exact) mass is 300 g/mol. The normalized spacial score (nSPS) is 9.65. The number of rotatable bonds is 6. The van der Waals surface area contributed by atoms with Crippen molar-refractivity contribution in [2.75, 3.05) is 13.7 Å². The summed E-state index contributed by atoms with van der Waals surface area (Å²) < 4.78 is 12.5. The van der Waals surface area contributed by atoms with E-state index in [4.69, 9.17) is 9.47 Å². The number of ether oxygens (including phenoxy) is 2. The third-order valence-corrected chi connectivity index (χ3v) is 2.57. The van der Waals surface area contributed by atoms with Crippen molar-refractivity contribution >= 4 is 5.97 Å². The van der Waals surface area contributed by atoms with Gasteiger partial charge in [-0.05, 0) is 18.2 Å². The molecule has 0 aliphatic rings. The smallest absolute Gasteiger partial charge is 0.545 e. The van der Waals surface area contributed by atoms with Crippen molar-refractivity contribution in [3.63, 3.8) is 0 Å². The molecular formula is C13H13KN2O4. The number of carboxylic acids is 1. The number of carbonyl (C=O) groups is 1. The molecule has 0 saturated heterocycles. The van der Waals surface area contributed by atoms with Gasteiger partial charge in [0, 0.05) is 18.0 Å². The predicted molar refractivity (Wildman–Crippen MR) is 65.0 cm³/mol. The van der Waals surface area contributed by atoms with Crippen LogP contribution in [0.5, 0.6) is 11.5 Å². The topological polar surface area (TPSA) is 76.4 Å². The SMILES string of the molecule is COc1cc(C(=O)[O-])ccc1OCCn1ccnc1.[K+]. The minimum Gasteiger partial charge on any atom is -0.545 e. The largest absolute Gasteiger partial charge is 1.00 e. The molecule has 0 aliphatic heterocycles. The molecule has 6 nitrogen and oxygen atoms in total. The summed E-state index contributed by atoms with van der Waals surface area (Å²) in [6.07, 6.45) is 5.22. The van der Waals surface area contributed by atoms with Crippen LogP contribution in [0.4, 0.5) is 0 Å². The van der Waals surface area contributed by atoms with E-state index in [9.17, 15) is 9.90 Å². The Kier molecular flexibility index (Phi) is 7.24. The van der Waals surface area contributed by atoms with Crippen molar-refractivity contribution in [1.29, 1.82) is 0 Å². The van der Waals surface area contributed by atoms with E-state index in [1.54, 1.807) is 18.6 Å². The maximum Gasteiger partial charge on any atom is 1.00 e. The fourth-order valence-corrected chi connectivity index (χ4v) is 1.59. The zero-order valence-corrected chi connectivity index (χ0v) is 14.5. The summed E-state index contributed by atoms with van der Waals surface area (Å²) in [5.41, 5.74) is 0.0545. The van der Waals surface area contributed by atoms with Gasteiger partial charge in [0.15, 0.2) is 11.5 Å². The second kappa shape index (κ2) is 8.43. The summed E-state index contributed by atoms with van der Waals surface area (Å²) in [4.78, 5) is 14.7. The van der Waals surface area contributed by atoms with Crippen LogP contribution in [0.3, 0.4) is 0 Å². The van der Waals surface area contributed by atoms with Crippen LogP contribution < -0.4 is 66.0 Å². The van der Waals surface area contributed by atoms with Crippen molar-refractivity contribution in [1.82, 2.24) is 9.55 Å². The Morgan fingerprint density at radius 1 is 1.40 bits per heavy atom. The molecule has 0 fully saturated rings. The summed E-state index contributed by atoms with van der Waals surface area (Å²) in [6, 6.07) is 4.35. The Morgan fingerprint density at radius 3 is 2.80 bits per heavy atom. The molecule has 0 radical (unpaired) electrons. The number of imidazole rings is 1. The number of hydrogen-bond acceptors (Lipinski definition) is 5. The van der Waals surface area contributed by atoms with E-state index in [0.29, 0.717) is 24.7 Å². The van der Waals surface area contributed by atoms with Gasteiger partial charge in [-0.25, -0.2) is 4.98 Å². The van der Waals surface area contributed by atoms with E-state index in [-0.39, 0.29) is 56.9 Å². The summed E-state index contributed by atoms with van der Waals surface area (Å²) in [5.74, 6) is -0.386. The second-order valence-electron chi connectivity index (χ2n) is 3.80. The van der Waals surface area contributed by atoms with E-state index in [1.807, 2.05) is 10.8 Å². The van der Waals surface area contributed by atoms with Gasteiger partial charge in [-0.3, -0.25) is 0 Å². The first-order valence-electron chi connectivity index (χ1n) is 5.68. The Balaban J connectivity index is 0.00000200. The van der Waals surface area contributed by atoms with Crippen LogP contribution in [0.25, 0.3) is 0 Å². The standard InChI is InChI=1S/C13H14N2O4.K/c1-18-12-8-10(13(16)17)2-3-11(12)19-7-6-15-5-4-14-9-15;/h2-5,8-9H,6-7H2,1H3,(H,16,17);/q;+1/p-1. The maximum absolute atomic E-state index is 10.7. The molecule has 2 rings (SSSR count). The van der Waals surface area contributed by atoms with Gasteiger partial charge in [0.1, 0.15) is 6.61 Å². The Morgan fingerprint density at radius 2 is 2.20 bits per heavy atom. The Labute approximate surface area is 159 Å². The van der Waals surface area contributed by atoms with E-state index in [1.165, 1.54) is 19.2 Å². The number of hydrogen-bond donors (Lipinski definition) is 0. The molecule has 0 amide bonds. The molecule has 0 bridgehead atoms. The van der Waals surface area contributed by atoms with Gasteiger partial charge >= 0.3 is 51.4 Å². The number of methoxy groups -OCH3 is 1. The van der Waals surface area contributed by atoms with Crippen molar-refractivity contribution in [3.05, 3.63) is 42.5 Å². The first-order valence-corrected chi connectivity index (χ1v) is 5.68. The Hall–Kier alpha value is -0.864. The molecule has 0 spiro atoms. The minimum atomic E-state index is -1.25. The number of carbonyl (C=O) groups excluding carboxylic acids is 1. The van der Waals surface area contributed by atoms with E-state index in [0.717, 1.165) is 0 Å². The number of benzene rings is 1. The molecular weight excluding hydrogens is 287 g/mol. The van der Waals surface area contributed by atoms with Crippen molar-refractivity contribution in [2.45, 2.75) is 6.54 Å². The zero-order valence-electron chi connectivity index (χ0n) is 11.4. The minimum absolute atomic E-state index is 0. The quantitative estimate of drug-likeness (QED) is 0.544. The molecule has 7 heteroatoms. The van der Waals surface area contributed by atoms with Gasteiger partial charge in [-0.1, -0.05) is 0 Å². The first-order chi connectivity index (χ1) is 9.20. The molecule has 20 heavy (non-hydrogen) atoms. The van der Waals surface area contributed by atoms with Crippen LogP contribution in [0.1, 0.15) is 10.4 Å². The zero-order chi connectivity index (χ0) is 13.7. The first kappa shape index (κ1) is 17.2. The van der Waals surface area contributed by atoms with Crippen LogP contribution >= 0.6 is 0 Å². The van der Waals surface area contributed by atoms with Gasteiger partial charge in [-0.2, -0.15) is 0 Å². The van der Waals surface area contributed by atoms with Crippen LogP contribution in [0.15, 0.2) is 36.9 Å². The molecule has 0 atom stereocenters. The third-order valence-electron chi connectivity index (χ3n) is 2.57. The van der Waals surface area contributed by atoms with Crippen LogP contribution in [0.2, 0.25) is 0 Å². The van der Waals surface area contributed by atoms with Gasteiger partial charge in [-0.15, -0.1) is 0 Å². The fourth-order valence-electron chi connectivity index (χ4n) is 1.59. The second-order valence-corrected chi connectivity index (χ2v) is 3.80. The van der Waals surface area contributed by atoms with Crippen LogP contribution in [-0.4, -0.2) is 29.2 Å². The summed E-state index contributed by atoms with van der Waals surface area (Å²) in [6.45, 7) is 1.07. The number of nitrogens with zero attached hydrogens (tertiary/aromatic N) is 2. The van der Waals surface area contributed by atoms with Gasteiger partial charge in [0.05, 0.1) is 26.0 Å². The number of aromatic carboxylic acids is 1. The van der Waals surface area contributed by atoms with Gasteiger partial charge in [0.2, 0.25) is 0 Å². The Bertz CT molecular complexity index is 558. The van der Waals surface area contributed by atoms with Crippen molar-refractivity contribution in [2.24, 2.45) is 0 Å². The summed E-state index contributed by atoms with van der Waals surface area (Å²) in [5, 5.41) is 10.7. The van der Waals surface area contributed by atoms with E-state index < -0.39 is 5.97 Å². The van der Waals surface area contributed by atoms with Crippen molar-refractivity contribution in [3.8, 4) is 11.5 Å². The van der Waals surface area contributed by atoms with E-state index in [2.05, 4.69) is 4.98 Å². The average Bonchev–Trinajstić information content (AvgIpc) is 2.92. The number of carboxylic acid groups (broad SMARTS) is 1.